The molecule has 18 heavy (non-hydrogen) atoms. The Bertz CT molecular complexity index is 405. The summed E-state index contributed by atoms with van der Waals surface area (Å²) in [4.78, 5) is 14.0. The van der Waals surface area contributed by atoms with Gasteiger partial charge in [0.05, 0.1) is 0 Å². The highest BCUT2D eigenvalue weighted by molar-refractivity contribution is 9.10. The Labute approximate surface area is 116 Å². The zero-order valence-corrected chi connectivity index (χ0v) is 12.0. The van der Waals surface area contributed by atoms with Gasteiger partial charge in [-0.3, -0.25) is 4.79 Å². The summed E-state index contributed by atoms with van der Waals surface area (Å²) in [6.45, 7) is 2.41. The molecule has 1 atom stereocenters. The number of hydrogen-bond acceptors (Lipinski definition) is 2. The normalized spacial score (nSPS) is 19.2. The van der Waals surface area contributed by atoms with Crippen molar-refractivity contribution in [1.82, 2.24) is 4.90 Å². The van der Waals surface area contributed by atoms with E-state index in [0.29, 0.717) is 18.9 Å². The predicted molar refractivity (Wildman–Crippen MR) is 76.2 cm³/mol. The van der Waals surface area contributed by atoms with Crippen molar-refractivity contribution in [2.24, 2.45) is 11.7 Å². The molecule has 1 saturated heterocycles. The Morgan fingerprint density at radius 3 is 2.72 bits per heavy atom. The molecular weight excluding hydrogens is 292 g/mol. The van der Waals surface area contributed by atoms with Crippen LogP contribution in [0.15, 0.2) is 28.7 Å². The van der Waals surface area contributed by atoms with E-state index >= 15 is 0 Å². The molecule has 4 heteroatoms. The summed E-state index contributed by atoms with van der Waals surface area (Å²) in [5.41, 5.74) is 6.84. The molecule has 0 radical (unpaired) electrons. The summed E-state index contributed by atoms with van der Waals surface area (Å²) in [6, 6.07) is 8.15. The van der Waals surface area contributed by atoms with Gasteiger partial charge in [0, 0.05) is 24.0 Å². The highest BCUT2D eigenvalue weighted by atomic mass is 79.9. The lowest BCUT2D eigenvalue weighted by atomic mass is 10.1. The molecule has 1 heterocycles. The number of carbonyl (C=O) groups excluding carboxylic acids is 1. The van der Waals surface area contributed by atoms with Crippen molar-refractivity contribution in [3.05, 3.63) is 34.3 Å². The van der Waals surface area contributed by atoms with E-state index in [1.165, 1.54) is 5.56 Å². The Morgan fingerprint density at radius 1 is 1.39 bits per heavy atom. The number of likely N-dealkylation sites (tertiary alicyclic amines) is 1. The number of aryl methyl sites for hydroxylation is 1. The lowest BCUT2D eigenvalue weighted by Crippen LogP contribution is -2.29. The molecule has 0 aromatic heterocycles. The van der Waals surface area contributed by atoms with E-state index in [1.807, 2.05) is 17.0 Å². The Hall–Kier alpha value is -0.870. The molecule has 0 saturated carbocycles. The maximum atomic E-state index is 12.0. The SMILES string of the molecule is NCC1CCN(C(=O)CCc2ccc(Br)cc2)C1. The van der Waals surface area contributed by atoms with E-state index in [4.69, 9.17) is 5.73 Å². The molecule has 1 aliphatic heterocycles. The minimum atomic E-state index is 0.258. The van der Waals surface area contributed by atoms with Crippen molar-refractivity contribution in [2.75, 3.05) is 19.6 Å². The third kappa shape index (κ3) is 3.56. The number of carbonyl (C=O) groups is 1. The van der Waals surface area contributed by atoms with Crippen LogP contribution < -0.4 is 5.73 Å². The molecule has 2 rings (SSSR count). The molecule has 0 bridgehead atoms. The molecule has 98 valence electrons. The third-order valence-electron chi connectivity index (χ3n) is 3.51. The molecular formula is C14H19BrN2O. The lowest BCUT2D eigenvalue weighted by Gasteiger charge is -2.16. The van der Waals surface area contributed by atoms with Crippen LogP contribution >= 0.6 is 15.9 Å². The van der Waals surface area contributed by atoms with Crippen molar-refractivity contribution in [1.29, 1.82) is 0 Å². The molecule has 0 spiro atoms. The van der Waals surface area contributed by atoms with Crippen LogP contribution in [0.3, 0.4) is 0 Å². The van der Waals surface area contributed by atoms with Crippen molar-refractivity contribution >= 4 is 21.8 Å². The number of halogens is 1. The standard InChI is InChI=1S/C14H19BrN2O/c15-13-4-1-11(2-5-13)3-6-14(18)17-8-7-12(9-16)10-17/h1-2,4-5,12H,3,6-10,16H2. The topological polar surface area (TPSA) is 46.3 Å². The van der Waals surface area contributed by atoms with E-state index < -0.39 is 0 Å². The first-order chi connectivity index (χ1) is 8.69. The van der Waals surface area contributed by atoms with Gasteiger partial charge in [0.25, 0.3) is 0 Å². The molecule has 0 aliphatic carbocycles. The van der Waals surface area contributed by atoms with Crippen LogP contribution in [0.2, 0.25) is 0 Å². The van der Waals surface area contributed by atoms with Crippen LogP contribution in [0.4, 0.5) is 0 Å². The summed E-state index contributed by atoms with van der Waals surface area (Å²) < 4.78 is 1.07. The van der Waals surface area contributed by atoms with E-state index in [9.17, 15) is 4.79 Å². The highest BCUT2D eigenvalue weighted by Gasteiger charge is 2.24. The first kappa shape index (κ1) is 13.6. The maximum absolute atomic E-state index is 12.0. The summed E-state index contributed by atoms with van der Waals surface area (Å²) in [6.07, 6.45) is 2.47. The quantitative estimate of drug-likeness (QED) is 0.926. The van der Waals surface area contributed by atoms with Gasteiger partial charge in [0.1, 0.15) is 0 Å². The second kappa shape index (κ2) is 6.34. The summed E-state index contributed by atoms with van der Waals surface area (Å²) in [7, 11) is 0. The number of nitrogens with zero attached hydrogens (tertiary/aromatic N) is 1. The molecule has 1 aliphatic rings. The predicted octanol–water partition coefficient (Wildman–Crippen LogP) is 2.19. The van der Waals surface area contributed by atoms with Crippen LogP contribution in [0.1, 0.15) is 18.4 Å². The van der Waals surface area contributed by atoms with Crippen molar-refractivity contribution in [3.8, 4) is 0 Å². The van der Waals surface area contributed by atoms with Gasteiger partial charge in [-0.2, -0.15) is 0 Å². The molecule has 1 amide bonds. The monoisotopic (exact) mass is 310 g/mol. The largest absolute Gasteiger partial charge is 0.342 e. The van der Waals surface area contributed by atoms with Gasteiger partial charge in [-0.15, -0.1) is 0 Å². The number of amides is 1. The second-order valence-electron chi connectivity index (χ2n) is 4.86. The van der Waals surface area contributed by atoms with Gasteiger partial charge < -0.3 is 10.6 Å². The minimum Gasteiger partial charge on any atom is -0.342 e. The van der Waals surface area contributed by atoms with Crippen LogP contribution in [0.25, 0.3) is 0 Å². The summed E-state index contributed by atoms with van der Waals surface area (Å²) in [5, 5.41) is 0. The zero-order chi connectivity index (χ0) is 13.0. The van der Waals surface area contributed by atoms with Gasteiger partial charge in [-0.25, -0.2) is 0 Å². The number of hydrogen-bond donors (Lipinski definition) is 1. The molecule has 1 aromatic rings. The van der Waals surface area contributed by atoms with Gasteiger partial charge in [-0.1, -0.05) is 28.1 Å². The number of benzene rings is 1. The molecule has 1 unspecified atom stereocenters. The van der Waals surface area contributed by atoms with Crippen LogP contribution in [-0.4, -0.2) is 30.4 Å². The van der Waals surface area contributed by atoms with Crippen molar-refractivity contribution in [2.45, 2.75) is 19.3 Å². The smallest absolute Gasteiger partial charge is 0.222 e. The second-order valence-corrected chi connectivity index (χ2v) is 5.77. The van der Waals surface area contributed by atoms with Gasteiger partial charge in [0.2, 0.25) is 5.91 Å². The minimum absolute atomic E-state index is 0.258. The summed E-state index contributed by atoms with van der Waals surface area (Å²) in [5.74, 6) is 0.760. The van der Waals surface area contributed by atoms with Gasteiger partial charge >= 0.3 is 0 Å². The number of nitrogens with two attached hydrogens (primary N) is 1. The first-order valence-electron chi connectivity index (χ1n) is 6.41. The summed E-state index contributed by atoms with van der Waals surface area (Å²) >= 11 is 3.41. The average molecular weight is 311 g/mol. The van der Waals surface area contributed by atoms with Crippen LogP contribution in [0, 0.1) is 5.92 Å². The first-order valence-corrected chi connectivity index (χ1v) is 7.20. The van der Waals surface area contributed by atoms with Gasteiger partial charge in [0.15, 0.2) is 0 Å². The molecule has 1 aromatic carbocycles. The Balaban J connectivity index is 1.80. The van der Waals surface area contributed by atoms with E-state index in [0.717, 1.165) is 30.4 Å². The Kier molecular flexibility index (Phi) is 4.78. The lowest BCUT2D eigenvalue weighted by molar-refractivity contribution is -0.130. The molecule has 3 nitrogen and oxygen atoms in total. The van der Waals surface area contributed by atoms with Crippen LogP contribution in [-0.2, 0) is 11.2 Å². The van der Waals surface area contributed by atoms with Crippen LogP contribution in [0.5, 0.6) is 0 Å². The highest BCUT2D eigenvalue weighted by Crippen LogP contribution is 2.17. The van der Waals surface area contributed by atoms with E-state index in [-0.39, 0.29) is 5.91 Å². The fraction of sp³-hybridized carbons (Fsp3) is 0.500. The maximum Gasteiger partial charge on any atom is 0.222 e. The zero-order valence-electron chi connectivity index (χ0n) is 10.4. The average Bonchev–Trinajstić information content (AvgIpc) is 2.86. The van der Waals surface area contributed by atoms with Crippen molar-refractivity contribution < 1.29 is 4.79 Å². The number of rotatable bonds is 4. The third-order valence-corrected chi connectivity index (χ3v) is 4.04. The fourth-order valence-corrected chi connectivity index (χ4v) is 2.58. The molecule has 2 N–H and O–H groups in total. The van der Waals surface area contributed by atoms with E-state index in [1.54, 1.807) is 0 Å². The van der Waals surface area contributed by atoms with Crippen molar-refractivity contribution in [3.63, 3.8) is 0 Å². The fourth-order valence-electron chi connectivity index (χ4n) is 2.31. The van der Waals surface area contributed by atoms with Gasteiger partial charge in [-0.05, 0) is 43.0 Å². The van der Waals surface area contributed by atoms with E-state index in [2.05, 4.69) is 28.1 Å². The molecule has 1 fully saturated rings. The Morgan fingerprint density at radius 2 is 2.11 bits per heavy atom.